The summed E-state index contributed by atoms with van der Waals surface area (Å²) in [6.07, 6.45) is 0. The lowest BCUT2D eigenvalue weighted by atomic mass is 9.93. The largest absolute Gasteiger partial charge is 0.490 e. The number of ether oxygens (including phenoxy) is 1. The number of benzene rings is 1. The molecule has 0 aliphatic carbocycles. The van der Waals surface area contributed by atoms with Crippen LogP contribution in [-0.2, 0) is 14.8 Å². The highest BCUT2D eigenvalue weighted by molar-refractivity contribution is 7.93. The summed E-state index contributed by atoms with van der Waals surface area (Å²) in [6.45, 7) is 9.55. The summed E-state index contributed by atoms with van der Waals surface area (Å²) < 4.78 is 32.4. The van der Waals surface area contributed by atoms with E-state index < -0.39 is 20.7 Å². The minimum Gasteiger partial charge on any atom is -0.490 e. The molecular formula is C16H24N2O4S. The summed E-state index contributed by atoms with van der Waals surface area (Å²) in [4.78, 5) is 14.3. The Labute approximate surface area is 137 Å². The normalized spacial score (nSPS) is 17.5. The van der Waals surface area contributed by atoms with Gasteiger partial charge < -0.3 is 9.64 Å². The van der Waals surface area contributed by atoms with Crippen LogP contribution >= 0.6 is 0 Å². The number of fused-ring (bicyclic) bond motifs is 1. The molecule has 1 aromatic rings. The first kappa shape index (κ1) is 17.6. The molecule has 0 unspecified atom stereocenters. The van der Waals surface area contributed by atoms with E-state index >= 15 is 0 Å². The Hall–Kier alpha value is -1.76. The van der Waals surface area contributed by atoms with Gasteiger partial charge in [-0.25, -0.2) is 8.42 Å². The number of hydrogen-bond donors (Lipinski definition) is 1. The molecule has 1 N–H and O–H groups in total. The summed E-state index contributed by atoms with van der Waals surface area (Å²) >= 11 is 0. The van der Waals surface area contributed by atoms with E-state index in [2.05, 4.69) is 4.72 Å². The topological polar surface area (TPSA) is 75.7 Å². The lowest BCUT2D eigenvalue weighted by Crippen LogP contribution is -2.42. The first-order chi connectivity index (χ1) is 10.6. The van der Waals surface area contributed by atoms with Gasteiger partial charge in [0, 0.05) is 6.54 Å². The van der Waals surface area contributed by atoms with Crippen LogP contribution in [0.25, 0.3) is 0 Å². The molecule has 1 amide bonds. The molecular weight excluding hydrogens is 316 g/mol. The van der Waals surface area contributed by atoms with Gasteiger partial charge in [-0.3, -0.25) is 9.52 Å². The van der Waals surface area contributed by atoms with Gasteiger partial charge in [0.2, 0.25) is 15.9 Å². The number of amides is 1. The quantitative estimate of drug-likeness (QED) is 0.914. The summed E-state index contributed by atoms with van der Waals surface area (Å²) in [5.74, 6) is 0.542. The van der Waals surface area contributed by atoms with Crippen LogP contribution in [0.2, 0.25) is 0 Å². The first-order valence-electron chi connectivity index (χ1n) is 7.69. The Morgan fingerprint density at radius 3 is 2.57 bits per heavy atom. The van der Waals surface area contributed by atoms with Crippen LogP contribution in [0.1, 0.15) is 34.6 Å². The third-order valence-corrected chi connectivity index (χ3v) is 5.62. The van der Waals surface area contributed by atoms with Crippen LogP contribution in [0.5, 0.6) is 5.75 Å². The molecule has 6 nitrogen and oxygen atoms in total. The van der Waals surface area contributed by atoms with E-state index in [4.69, 9.17) is 4.74 Å². The number of nitrogens with one attached hydrogen (secondary N) is 1. The van der Waals surface area contributed by atoms with E-state index in [0.717, 1.165) is 0 Å². The van der Waals surface area contributed by atoms with Crippen LogP contribution in [0.15, 0.2) is 18.2 Å². The van der Waals surface area contributed by atoms with E-state index in [1.807, 2.05) is 20.8 Å². The van der Waals surface area contributed by atoms with E-state index in [9.17, 15) is 13.2 Å². The highest BCUT2D eigenvalue weighted by Crippen LogP contribution is 2.38. The molecule has 0 spiro atoms. The predicted octanol–water partition coefficient (Wildman–Crippen LogP) is 2.61. The summed E-state index contributed by atoms with van der Waals surface area (Å²) in [6, 6.07) is 5.00. The van der Waals surface area contributed by atoms with Gasteiger partial charge in [0.25, 0.3) is 0 Å². The van der Waals surface area contributed by atoms with E-state index in [0.29, 0.717) is 23.7 Å². The number of carbonyl (C=O) groups excluding carboxylic acids is 1. The molecule has 1 aromatic carbocycles. The summed E-state index contributed by atoms with van der Waals surface area (Å²) in [7, 11) is -3.44. The fraction of sp³-hybridized carbons (Fsp3) is 0.562. The van der Waals surface area contributed by atoms with Crippen molar-refractivity contribution >= 4 is 27.3 Å². The molecule has 0 aromatic heterocycles. The number of anilines is 2. The molecule has 2 rings (SSSR count). The van der Waals surface area contributed by atoms with Gasteiger partial charge in [0.05, 0.1) is 22.0 Å². The third-order valence-electron chi connectivity index (χ3n) is 3.86. The average molecular weight is 340 g/mol. The van der Waals surface area contributed by atoms with Crippen molar-refractivity contribution in [3.63, 3.8) is 0 Å². The second kappa shape index (κ2) is 6.03. The van der Waals surface area contributed by atoms with E-state index in [1.54, 1.807) is 36.9 Å². The summed E-state index contributed by atoms with van der Waals surface area (Å²) in [5.41, 5.74) is 0.381. The van der Waals surface area contributed by atoms with Gasteiger partial charge in [-0.2, -0.15) is 0 Å². The maximum Gasteiger partial charge on any atom is 0.236 e. The molecule has 23 heavy (non-hydrogen) atoms. The highest BCUT2D eigenvalue weighted by atomic mass is 32.2. The zero-order chi connectivity index (χ0) is 17.4. The van der Waals surface area contributed by atoms with Crippen LogP contribution in [-0.4, -0.2) is 32.7 Å². The van der Waals surface area contributed by atoms with Crippen molar-refractivity contribution in [2.45, 2.75) is 39.9 Å². The highest BCUT2D eigenvalue weighted by Gasteiger charge is 2.37. The maximum atomic E-state index is 12.7. The average Bonchev–Trinajstić information content (AvgIpc) is 2.54. The maximum absolute atomic E-state index is 12.7. The monoisotopic (exact) mass is 340 g/mol. The molecule has 0 fully saturated rings. The van der Waals surface area contributed by atoms with Crippen LogP contribution < -0.4 is 14.4 Å². The molecule has 0 saturated heterocycles. The van der Waals surface area contributed by atoms with Crippen molar-refractivity contribution in [2.24, 2.45) is 5.41 Å². The van der Waals surface area contributed by atoms with Crippen LogP contribution in [0.3, 0.4) is 0 Å². The molecule has 0 bridgehead atoms. The van der Waals surface area contributed by atoms with Gasteiger partial charge in [-0.15, -0.1) is 0 Å². The third kappa shape index (κ3) is 3.44. The van der Waals surface area contributed by atoms with Crippen molar-refractivity contribution in [3.05, 3.63) is 18.2 Å². The molecule has 0 saturated carbocycles. The van der Waals surface area contributed by atoms with Gasteiger partial charge in [0.15, 0.2) is 0 Å². The fourth-order valence-corrected chi connectivity index (χ4v) is 3.00. The minimum absolute atomic E-state index is 0.0392. The predicted molar refractivity (Wildman–Crippen MR) is 91.4 cm³/mol. The number of rotatable bonds is 4. The molecule has 1 heterocycles. The SMILES string of the molecule is CCN1C(=O)C(C)(C)COc2ccc(NS(=O)(=O)C(C)C)cc21. The molecule has 1 aliphatic heterocycles. The van der Waals surface area contributed by atoms with Crippen molar-refractivity contribution < 1.29 is 17.9 Å². The van der Waals surface area contributed by atoms with Crippen molar-refractivity contribution in [1.29, 1.82) is 0 Å². The Balaban J connectivity index is 2.45. The van der Waals surface area contributed by atoms with E-state index in [1.165, 1.54) is 0 Å². The lowest BCUT2D eigenvalue weighted by molar-refractivity contribution is -0.127. The molecule has 128 valence electrons. The fourth-order valence-electron chi connectivity index (χ4n) is 2.30. The Morgan fingerprint density at radius 2 is 2.00 bits per heavy atom. The van der Waals surface area contributed by atoms with Crippen LogP contribution in [0, 0.1) is 5.41 Å². The van der Waals surface area contributed by atoms with Gasteiger partial charge >= 0.3 is 0 Å². The Bertz CT molecular complexity index is 711. The molecule has 1 aliphatic rings. The van der Waals surface area contributed by atoms with Crippen molar-refractivity contribution in [3.8, 4) is 5.75 Å². The first-order valence-corrected chi connectivity index (χ1v) is 9.23. The van der Waals surface area contributed by atoms with Crippen molar-refractivity contribution in [1.82, 2.24) is 0 Å². The summed E-state index contributed by atoms with van der Waals surface area (Å²) in [5, 5.41) is -0.541. The van der Waals surface area contributed by atoms with E-state index in [-0.39, 0.29) is 12.5 Å². The standard InChI is InChI=1S/C16H24N2O4S/c1-6-18-13-9-12(17-23(20,21)11(2)3)7-8-14(13)22-10-16(4,5)15(18)19/h7-9,11,17H,6,10H2,1-5H3. The second-order valence-electron chi connectivity index (χ2n) is 6.60. The lowest BCUT2D eigenvalue weighted by Gasteiger charge is -2.27. The molecule has 7 heteroatoms. The van der Waals surface area contributed by atoms with Gasteiger partial charge in [-0.1, -0.05) is 0 Å². The van der Waals surface area contributed by atoms with Crippen LogP contribution in [0.4, 0.5) is 11.4 Å². The van der Waals surface area contributed by atoms with Gasteiger partial charge in [0.1, 0.15) is 12.4 Å². The zero-order valence-corrected chi connectivity index (χ0v) is 15.0. The zero-order valence-electron chi connectivity index (χ0n) is 14.2. The molecule has 0 radical (unpaired) electrons. The number of carbonyl (C=O) groups is 1. The number of hydrogen-bond acceptors (Lipinski definition) is 4. The minimum atomic E-state index is -3.44. The molecule has 0 atom stereocenters. The smallest absolute Gasteiger partial charge is 0.236 e. The Kier molecular flexibility index (Phi) is 4.61. The number of sulfonamides is 1. The van der Waals surface area contributed by atoms with Crippen molar-refractivity contribution in [2.75, 3.05) is 22.8 Å². The number of nitrogens with zero attached hydrogens (tertiary/aromatic N) is 1. The Morgan fingerprint density at radius 1 is 1.35 bits per heavy atom. The second-order valence-corrected chi connectivity index (χ2v) is 8.84. The van der Waals surface area contributed by atoms with Gasteiger partial charge in [-0.05, 0) is 52.8 Å².